The summed E-state index contributed by atoms with van der Waals surface area (Å²) in [6, 6.07) is 1.14. The van der Waals surface area contributed by atoms with E-state index < -0.39 is 16.0 Å². The van der Waals surface area contributed by atoms with Crippen LogP contribution in [0.25, 0.3) is 0 Å². The Hall–Kier alpha value is -0.890. The molecule has 0 saturated carbocycles. The van der Waals surface area contributed by atoms with E-state index in [4.69, 9.17) is 28.3 Å². The van der Waals surface area contributed by atoms with Crippen LogP contribution in [0.2, 0.25) is 10.2 Å². The molecule has 1 aromatic heterocycles. The number of nitrogens with zero attached hydrogens (tertiary/aromatic N) is 1. The van der Waals surface area contributed by atoms with Crippen LogP contribution in [0.1, 0.15) is 6.42 Å². The van der Waals surface area contributed by atoms with E-state index in [-0.39, 0.29) is 28.0 Å². The first-order valence-corrected chi connectivity index (χ1v) is 6.59. The zero-order valence-electron chi connectivity index (χ0n) is 8.35. The zero-order valence-corrected chi connectivity index (χ0v) is 10.7. The van der Waals surface area contributed by atoms with Crippen LogP contribution in [0, 0.1) is 0 Å². The summed E-state index contributed by atoms with van der Waals surface area (Å²) in [6.07, 6.45) is 0.727. The molecule has 0 spiro atoms. The van der Waals surface area contributed by atoms with Gasteiger partial charge in [0, 0.05) is 12.7 Å². The summed E-state index contributed by atoms with van der Waals surface area (Å²) in [5, 5.41) is 8.38. The van der Waals surface area contributed by atoms with Crippen molar-refractivity contribution in [1.82, 2.24) is 9.71 Å². The highest BCUT2D eigenvalue weighted by molar-refractivity contribution is 7.89. The molecule has 0 amide bonds. The predicted octanol–water partition coefficient (Wildman–Crippen LogP) is 1.14. The molecule has 0 aliphatic heterocycles. The van der Waals surface area contributed by atoms with Crippen LogP contribution in [0.5, 0.6) is 0 Å². The molecule has 0 saturated heterocycles. The fourth-order valence-electron chi connectivity index (χ4n) is 0.926. The molecule has 0 aromatic carbocycles. The second-order valence-corrected chi connectivity index (χ2v) is 5.52. The summed E-state index contributed by atoms with van der Waals surface area (Å²) < 4.78 is 25.4. The molecule has 2 N–H and O–H groups in total. The first-order chi connectivity index (χ1) is 7.83. The second-order valence-electron chi connectivity index (χ2n) is 2.99. The average Bonchev–Trinajstić information content (AvgIpc) is 2.21. The van der Waals surface area contributed by atoms with Crippen molar-refractivity contribution in [3.8, 4) is 0 Å². The van der Waals surface area contributed by atoms with E-state index in [1.165, 1.54) is 0 Å². The van der Waals surface area contributed by atoms with Gasteiger partial charge in [-0.25, -0.2) is 18.1 Å². The van der Waals surface area contributed by atoms with Gasteiger partial charge in [-0.2, -0.15) is 0 Å². The zero-order chi connectivity index (χ0) is 13.1. The number of hydrogen-bond donors (Lipinski definition) is 2. The lowest BCUT2D eigenvalue weighted by Crippen LogP contribution is -2.26. The van der Waals surface area contributed by atoms with Crippen molar-refractivity contribution in [2.24, 2.45) is 0 Å². The number of carbonyl (C=O) groups is 1. The van der Waals surface area contributed by atoms with E-state index in [0.29, 0.717) is 0 Å². The van der Waals surface area contributed by atoms with Gasteiger partial charge in [0.05, 0.1) is 11.4 Å². The highest BCUT2D eigenvalue weighted by atomic mass is 35.5. The third-order valence-corrected chi connectivity index (χ3v) is 3.83. The Morgan fingerprint density at radius 2 is 2.12 bits per heavy atom. The van der Waals surface area contributed by atoms with Crippen molar-refractivity contribution in [3.63, 3.8) is 0 Å². The van der Waals surface area contributed by atoms with Gasteiger partial charge in [0.1, 0.15) is 10.0 Å². The number of pyridine rings is 1. The molecule has 0 unspecified atom stereocenters. The maximum Gasteiger partial charge on any atom is 0.304 e. The molecule has 0 bridgehead atoms. The number of nitrogens with one attached hydrogen (secondary N) is 1. The normalized spacial score (nSPS) is 11.4. The smallest absolute Gasteiger partial charge is 0.304 e. The summed E-state index contributed by atoms with van der Waals surface area (Å²) in [6.45, 7) is -0.210. The highest BCUT2D eigenvalue weighted by Crippen LogP contribution is 2.21. The molecule has 0 radical (unpaired) electrons. The summed E-state index contributed by atoms with van der Waals surface area (Å²) in [5.41, 5.74) is 0. The van der Waals surface area contributed by atoms with E-state index in [1.807, 2.05) is 0 Å². The number of halogens is 2. The van der Waals surface area contributed by atoms with Crippen LogP contribution in [-0.4, -0.2) is 31.0 Å². The number of rotatable bonds is 5. The fraction of sp³-hybridized carbons (Fsp3) is 0.250. The Morgan fingerprint density at radius 1 is 1.47 bits per heavy atom. The molecular formula is C8H8Cl2N2O4S. The van der Waals surface area contributed by atoms with Crippen molar-refractivity contribution in [3.05, 3.63) is 22.4 Å². The van der Waals surface area contributed by atoms with Crippen molar-refractivity contribution in [1.29, 1.82) is 0 Å². The topological polar surface area (TPSA) is 96.4 Å². The molecule has 0 fully saturated rings. The van der Waals surface area contributed by atoms with Gasteiger partial charge in [-0.05, 0) is 6.07 Å². The largest absolute Gasteiger partial charge is 0.481 e. The minimum atomic E-state index is -3.81. The molecule has 9 heteroatoms. The van der Waals surface area contributed by atoms with Gasteiger partial charge in [0.15, 0.2) is 0 Å². The van der Waals surface area contributed by atoms with Gasteiger partial charge in [-0.3, -0.25) is 4.79 Å². The minimum absolute atomic E-state index is 0.00356. The Morgan fingerprint density at radius 3 is 2.65 bits per heavy atom. The van der Waals surface area contributed by atoms with Gasteiger partial charge in [0.2, 0.25) is 10.0 Å². The lowest BCUT2D eigenvalue weighted by Gasteiger charge is -2.05. The van der Waals surface area contributed by atoms with Gasteiger partial charge in [-0.15, -0.1) is 0 Å². The van der Waals surface area contributed by atoms with Gasteiger partial charge < -0.3 is 5.11 Å². The molecule has 1 rings (SSSR count). The first-order valence-electron chi connectivity index (χ1n) is 4.35. The fourth-order valence-corrected chi connectivity index (χ4v) is 2.26. The lowest BCUT2D eigenvalue weighted by atomic mass is 10.5. The summed E-state index contributed by atoms with van der Waals surface area (Å²) in [7, 11) is -3.81. The Labute approximate surface area is 108 Å². The molecule has 0 aliphatic rings. The third-order valence-electron chi connectivity index (χ3n) is 1.71. The molecule has 17 heavy (non-hydrogen) atoms. The third kappa shape index (κ3) is 4.12. The molecule has 94 valence electrons. The summed E-state index contributed by atoms with van der Waals surface area (Å²) >= 11 is 11.2. The predicted molar refractivity (Wildman–Crippen MR) is 61.7 cm³/mol. The number of aromatic nitrogens is 1. The molecule has 1 heterocycles. The van der Waals surface area contributed by atoms with Gasteiger partial charge in [0.25, 0.3) is 0 Å². The van der Waals surface area contributed by atoms with Crippen LogP contribution >= 0.6 is 23.2 Å². The van der Waals surface area contributed by atoms with E-state index in [0.717, 1.165) is 12.3 Å². The van der Waals surface area contributed by atoms with Gasteiger partial charge >= 0.3 is 5.97 Å². The van der Waals surface area contributed by atoms with Crippen LogP contribution in [0.3, 0.4) is 0 Å². The van der Waals surface area contributed by atoms with Crippen molar-refractivity contribution >= 4 is 39.2 Å². The number of carboxylic acid groups (broad SMARTS) is 1. The Kier molecular flexibility index (Phi) is 4.70. The summed E-state index contributed by atoms with van der Waals surface area (Å²) in [5.74, 6) is -1.10. The molecular weight excluding hydrogens is 291 g/mol. The number of carboxylic acids is 1. The maximum atomic E-state index is 11.6. The number of sulfonamides is 1. The minimum Gasteiger partial charge on any atom is -0.481 e. The van der Waals surface area contributed by atoms with E-state index >= 15 is 0 Å². The quantitative estimate of drug-likeness (QED) is 0.795. The first kappa shape index (κ1) is 14.2. The number of hydrogen-bond acceptors (Lipinski definition) is 4. The monoisotopic (exact) mass is 298 g/mol. The van der Waals surface area contributed by atoms with Crippen LogP contribution < -0.4 is 4.72 Å². The Balaban J connectivity index is 2.82. The Bertz CT molecular complexity index is 532. The number of aliphatic carboxylic acids is 1. The standard InChI is InChI=1S/C8H8Cl2N2O4S/c9-6-3-5(4-11-8(6)10)17(15,16)12-2-1-7(13)14/h3-4,12H,1-2H2,(H,13,14). The van der Waals surface area contributed by atoms with Crippen LogP contribution in [-0.2, 0) is 14.8 Å². The molecule has 0 atom stereocenters. The maximum absolute atomic E-state index is 11.6. The molecule has 0 aliphatic carbocycles. The molecule has 6 nitrogen and oxygen atoms in total. The van der Waals surface area contributed by atoms with Crippen molar-refractivity contribution in [2.45, 2.75) is 11.3 Å². The van der Waals surface area contributed by atoms with Crippen molar-refractivity contribution < 1.29 is 18.3 Å². The molecule has 1 aromatic rings. The lowest BCUT2D eigenvalue weighted by molar-refractivity contribution is -0.136. The van der Waals surface area contributed by atoms with Gasteiger partial charge in [-0.1, -0.05) is 23.2 Å². The summed E-state index contributed by atoms with van der Waals surface area (Å²) in [4.78, 5) is 13.7. The van der Waals surface area contributed by atoms with Crippen molar-refractivity contribution in [2.75, 3.05) is 6.54 Å². The van der Waals surface area contributed by atoms with Crippen LogP contribution in [0.4, 0.5) is 0 Å². The van der Waals surface area contributed by atoms with E-state index in [1.54, 1.807) is 0 Å². The van der Waals surface area contributed by atoms with E-state index in [9.17, 15) is 13.2 Å². The average molecular weight is 299 g/mol. The highest BCUT2D eigenvalue weighted by Gasteiger charge is 2.16. The van der Waals surface area contributed by atoms with Crippen LogP contribution in [0.15, 0.2) is 17.2 Å². The van der Waals surface area contributed by atoms with E-state index in [2.05, 4.69) is 9.71 Å². The SMILES string of the molecule is O=C(O)CCNS(=O)(=O)c1cnc(Cl)c(Cl)c1. The second kappa shape index (κ2) is 5.63.